The summed E-state index contributed by atoms with van der Waals surface area (Å²) >= 11 is 0. The highest BCUT2D eigenvalue weighted by molar-refractivity contribution is 5.76. The third-order valence-corrected chi connectivity index (χ3v) is 4.63. The average molecular weight is 306 g/mol. The van der Waals surface area contributed by atoms with Gasteiger partial charge in [-0.1, -0.05) is 0 Å². The first-order valence-electron chi connectivity index (χ1n) is 8.48. The second kappa shape index (κ2) is 7.79. The van der Waals surface area contributed by atoms with Crippen LogP contribution in [-0.4, -0.2) is 43.2 Å². The maximum atomic E-state index is 12.2. The van der Waals surface area contributed by atoms with Crippen molar-refractivity contribution in [1.82, 2.24) is 10.2 Å². The van der Waals surface area contributed by atoms with Gasteiger partial charge < -0.3 is 14.5 Å². The number of ether oxygens (including phenoxy) is 1. The van der Waals surface area contributed by atoms with Crippen LogP contribution in [0.1, 0.15) is 50.3 Å². The van der Waals surface area contributed by atoms with Crippen LogP contribution < -0.4 is 5.32 Å². The Morgan fingerprint density at radius 2 is 2.18 bits per heavy atom. The molecule has 0 bridgehead atoms. The highest BCUT2D eigenvalue weighted by Crippen LogP contribution is 2.25. The maximum absolute atomic E-state index is 12.2. The zero-order chi connectivity index (χ0) is 15.2. The van der Waals surface area contributed by atoms with Gasteiger partial charge in [-0.3, -0.25) is 9.69 Å². The van der Waals surface area contributed by atoms with Gasteiger partial charge in [-0.25, -0.2) is 0 Å². The van der Waals surface area contributed by atoms with Crippen molar-refractivity contribution in [3.05, 3.63) is 24.2 Å². The van der Waals surface area contributed by atoms with Crippen LogP contribution in [0.4, 0.5) is 0 Å². The first-order chi connectivity index (χ1) is 10.8. The van der Waals surface area contributed by atoms with E-state index in [1.54, 1.807) is 6.26 Å². The summed E-state index contributed by atoms with van der Waals surface area (Å²) in [7, 11) is 0. The summed E-state index contributed by atoms with van der Waals surface area (Å²) in [6.07, 6.45) is 8.01. The van der Waals surface area contributed by atoms with Gasteiger partial charge >= 0.3 is 0 Å². The number of nitrogens with one attached hydrogen (secondary N) is 1. The third kappa shape index (κ3) is 4.11. The van der Waals surface area contributed by atoms with Gasteiger partial charge in [0.2, 0.25) is 5.91 Å². The molecule has 22 heavy (non-hydrogen) atoms. The Hall–Kier alpha value is -1.33. The van der Waals surface area contributed by atoms with Gasteiger partial charge in [0.15, 0.2) is 0 Å². The van der Waals surface area contributed by atoms with Crippen LogP contribution in [0, 0.1) is 0 Å². The molecule has 122 valence electrons. The summed E-state index contributed by atoms with van der Waals surface area (Å²) in [5.74, 6) is 1.03. The number of likely N-dealkylation sites (tertiary alicyclic amines) is 1. The molecule has 3 rings (SSSR count). The number of amides is 1. The van der Waals surface area contributed by atoms with Crippen LogP contribution in [0.25, 0.3) is 0 Å². The Morgan fingerprint density at radius 1 is 1.32 bits per heavy atom. The van der Waals surface area contributed by atoms with Crippen molar-refractivity contribution in [2.45, 2.75) is 50.7 Å². The van der Waals surface area contributed by atoms with E-state index in [1.165, 1.54) is 19.3 Å². The number of hydrogen-bond donors (Lipinski definition) is 1. The van der Waals surface area contributed by atoms with Crippen molar-refractivity contribution in [3.8, 4) is 0 Å². The van der Waals surface area contributed by atoms with E-state index in [-0.39, 0.29) is 18.1 Å². The van der Waals surface area contributed by atoms with Crippen molar-refractivity contribution in [1.29, 1.82) is 0 Å². The first kappa shape index (κ1) is 15.6. The van der Waals surface area contributed by atoms with Gasteiger partial charge in [0, 0.05) is 13.2 Å². The highest BCUT2D eigenvalue weighted by atomic mass is 16.5. The fraction of sp³-hybridized carbons (Fsp3) is 0.706. The van der Waals surface area contributed by atoms with Crippen molar-refractivity contribution in [2.75, 3.05) is 26.2 Å². The molecule has 1 aromatic heterocycles. The van der Waals surface area contributed by atoms with Gasteiger partial charge in [0.1, 0.15) is 5.76 Å². The minimum atomic E-state index is 0.0858. The average Bonchev–Trinajstić information content (AvgIpc) is 3.22. The van der Waals surface area contributed by atoms with E-state index in [2.05, 4.69) is 10.2 Å². The van der Waals surface area contributed by atoms with E-state index >= 15 is 0 Å². The fourth-order valence-corrected chi connectivity index (χ4v) is 3.40. The molecule has 1 N–H and O–H groups in total. The molecule has 2 aliphatic heterocycles. The van der Waals surface area contributed by atoms with Crippen LogP contribution >= 0.6 is 0 Å². The zero-order valence-electron chi connectivity index (χ0n) is 13.1. The fourth-order valence-electron chi connectivity index (χ4n) is 3.40. The van der Waals surface area contributed by atoms with Gasteiger partial charge in [0.05, 0.1) is 24.8 Å². The van der Waals surface area contributed by atoms with Crippen LogP contribution in [-0.2, 0) is 9.53 Å². The van der Waals surface area contributed by atoms with E-state index in [0.29, 0.717) is 13.0 Å². The second-order valence-corrected chi connectivity index (χ2v) is 6.27. The molecule has 0 radical (unpaired) electrons. The second-order valence-electron chi connectivity index (χ2n) is 6.27. The molecule has 3 heterocycles. The molecule has 5 heteroatoms. The lowest BCUT2D eigenvalue weighted by Crippen LogP contribution is -2.38. The topological polar surface area (TPSA) is 54.7 Å². The monoisotopic (exact) mass is 306 g/mol. The minimum Gasteiger partial charge on any atom is -0.468 e. The predicted octanol–water partition coefficient (Wildman–Crippen LogP) is 2.49. The summed E-state index contributed by atoms with van der Waals surface area (Å²) in [5, 5.41) is 3.07. The van der Waals surface area contributed by atoms with E-state index < -0.39 is 0 Å². The van der Waals surface area contributed by atoms with Crippen molar-refractivity contribution >= 4 is 5.91 Å². The largest absolute Gasteiger partial charge is 0.468 e. The van der Waals surface area contributed by atoms with E-state index in [4.69, 9.17) is 9.15 Å². The summed E-state index contributed by atoms with van der Waals surface area (Å²) in [5.41, 5.74) is 0. The van der Waals surface area contributed by atoms with Crippen molar-refractivity contribution in [2.24, 2.45) is 0 Å². The lowest BCUT2D eigenvalue weighted by molar-refractivity contribution is -0.125. The zero-order valence-corrected chi connectivity index (χ0v) is 13.1. The van der Waals surface area contributed by atoms with E-state index in [1.807, 2.05) is 12.1 Å². The Labute approximate surface area is 132 Å². The Bertz CT molecular complexity index is 448. The van der Waals surface area contributed by atoms with E-state index in [9.17, 15) is 4.79 Å². The van der Waals surface area contributed by atoms with Gasteiger partial charge in [0.25, 0.3) is 0 Å². The summed E-state index contributed by atoms with van der Waals surface area (Å²) in [4.78, 5) is 14.6. The maximum Gasteiger partial charge on any atom is 0.222 e. The molecule has 1 amide bonds. The third-order valence-electron chi connectivity index (χ3n) is 4.63. The summed E-state index contributed by atoms with van der Waals surface area (Å²) < 4.78 is 11.2. The van der Waals surface area contributed by atoms with Gasteiger partial charge in [-0.05, 0) is 57.3 Å². The van der Waals surface area contributed by atoms with Crippen LogP contribution in [0.5, 0.6) is 0 Å². The molecule has 2 unspecified atom stereocenters. The van der Waals surface area contributed by atoms with Gasteiger partial charge in [-0.15, -0.1) is 0 Å². The molecular formula is C17H26N2O3. The molecule has 0 saturated carbocycles. The molecular weight excluding hydrogens is 280 g/mol. The lowest BCUT2D eigenvalue weighted by atomic mass is 10.1. The molecule has 1 aromatic rings. The normalized spacial score (nSPS) is 24.3. The standard InChI is InChI=1S/C17H26N2O3/c20-17(12-14-6-1-4-10-21-14)18-13-15(16-7-5-11-22-16)19-8-2-3-9-19/h5,7,11,14-15H,1-4,6,8-10,12-13H2,(H,18,20). The molecule has 0 spiro atoms. The Morgan fingerprint density at radius 3 is 2.86 bits per heavy atom. The number of furan rings is 1. The van der Waals surface area contributed by atoms with E-state index in [0.717, 1.165) is 38.3 Å². The SMILES string of the molecule is O=C(CC1CCCCO1)NCC(c1ccco1)N1CCCC1. The number of rotatable bonds is 6. The Balaban J connectivity index is 1.51. The number of hydrogen-bond acceptors (Lipinski definition) is 4. The smallest absolute Gasteiger partial charge is 0.222 e. The molecule has 2 atom stereocenters. The molecule has 2 saturated heterocycles. The summed E-state index contributed by atoms with van der Waals surface area (Å²) in [6, 6.07) is 4.06. The highest BCUT2D eigenvalue weighted by Gasteiger charge is 2.26. The first-order valence-corrected chi connectivity index (χ1v) is 8.48. The lowest BCUT2D eigenvalue weighted by Gasteiger charge is -2.27. The number of nitrogens with zero attached hydrogens (tertiary/aromatic N) is 1. The molecule has 2 aliphatic rings. The number of carbonyl (C=O) groups is 1. The van der Waals surface area contributed by atoms with Crippen molar-refractivity contribution < 1.29 is 13.9 Å². The minimum absolute atomic E-state index is 0.0858. The van der Waals surface area contributed by atoms with Crippen LogP contribution in [0.15, 0.2) is 22.8 Å². The number of carbonyl (C=O) groups excluding carboxylic acids is 1. The van der Waals surface area contributed by atoms with Crippen LogP contribution in [0.2, 0.25) is 0 Å². The Kier molecular flexibility index (Phi) is 5.51. The molecule has 5 nitrogen and oxygen atoms in total. The predicted molar refractivity (Wildman–Crippen MR) is 83.5 cm³/mol. The van der Waals surface area contributed by atoms with Gasteiger partial charge in [-0.2, -0.15) is 0 Å². The molecule has 0 aromatic carbocycles. The van der Waals surface area contributed by atoms with Crippen LogP contribution in [0.3, 0.4) is 0 Å². The van der Waals surface area contributed by atoms with Crippen molar-refractivity contribution in [3.63, 3.8) is 0 Å². The quantitative estimate of drug-likeness (QED) is 0.877. The summed E-state index contributed by atoms with van der Waals surface area (Å²) in [6.45, 7) is 3.56. The molecule has 2 fully saturated rings. The molecule has 0 aliphatic carbocycles.